The molecule has 0 saturated heterocycles. The molecule has 0 atom stereocenters. The van der Waals surface area contributed by atoms with E-state index in [9.17, 15) is 9.59 Å². The Morgan fingerprint density at radius 2 is 1.68 bits per heavy atom. The normalized spacial score (nSPS) is 14.7. The topological polar surface area (TPSA) is 77.5 Å². The first-order chi connectivity index (χ1) is 18.5. The molecule has 3 aromatic carbocycles. The molecule has 0 unspecified atom stereocenters. The van der Waals surface area contributed by atoms with Crippen molar-refractivity contribution < 1.29 is 19.1 Å². The fraction of sp³-hybridized carbons (Fsp3) is 0.258. The first kappa shape index (κ1) is 24.4. The first-order valence-electron chi connectivity index (χ1n) is 12.8. The molecule has 1 saturated carbocycles. The fourth-order valence-corrected chi connectivity index (χ4v) is 6.18. The Morgan fingerprint density at radius 1 is 0.974 bits per heavy atom. The largest absolute Gasteiger partial charge is 0.468 e. The van der Waals surface area contributed by atoms with Gasteiger partial charge < -0.3 is 9.47 Å². The van der Waals surface area contributed by atoms with E-state index in [0.29, 0.717) is 5.69 Å². The molecule has 0 bridgehead atoms. The molecule has 6 rings (SSSR count). The number of hydrogen-bond acceptors (Lipinski definition) is 6. The van der Waals surface area contributed by atoms with Crippen molar-refractivity contribution in [1.29, 1.82) is 0 Å². The number of ether oxygens (including phenoxy) is 2. The summed E-state index contributed by atoms with van der Waals surface area (Å²) in [5.74, 6) is -0.133. The quantitative estimate of drug-likeness (QED) is 0.280. The maximum Gasteiger partial charge on any atom is 0.412 e. The standard InChI is InChI=1S/C31H28N2O4S/c1-19-27(32-30(35)37-18-20-6-4-3-5-7-20)28(38-33-19)23-10-12-25-21(16-23)8-9-22-17-24(11-13-26(22)25)31(14-15-31)29(34)36-2/h3-7,10-13,16-17H,8-9,14-15,18H2,1-2H3,(H,32,35). The fourth-order valence-electron chi connectivity index (χ4n) is 5.34. The summed E-state index contributed by atoms with van der Waals surface area (Å²) in [6.07, 6.45) is 3.02. The maximum atomic E-state index is 12.6. The Kier molecular flexibility index (Phi) is 6.24. The molecule has 192 valence electrons. The Morgan fingerprint density at radius 3 is 2.39 bits per heavy atom. The molecular weight excluding hydrogens is 496 g/mol. The van der Waals surface area contributed by atoms with Crippen molar-refractivity contribution in [1.82, 2.24) is 4.37 Å². The third kappa shape index (κ3) is 4.37. The van der Waals surface area contributed by atoms with Crippen LogP contribution in [0.4, 0.5) is 10.5 Å². The smallest absolute Gasteiger partial charge is 0.412 e. The van der Waals surface area contributed by atoms with Gasteiger partial charge in [-0.2, -0.15) is 4.37 Å². The minimum absolute atomic E-state index is 0.133. The highest BCUT2D eigenvalue weighted by Gasteiger charge is 2.52. The van der Waals surface area contributed by atoms with E-state index in [4.69, 9.17) is 9.47 Å². The third-order valence-electron chi connectivity index (χ3n) is 7.61. The number of hydrogen-bond donors (Lipinski definition) is 1. The predicted octanol–water partition coefficient (Wildman–Crippen LogP) is 6.84. The molecule has 6 nitrogen and oxygen atoms in total. The van der Waals surface area contributed by atoms with Crippen LogP contribution in [0.25, 0.3) is 21.6 Å². The van der Waals surface area contributed by atoms with E-state index < -0.39 is 11.5 Å². The minimum Gasteiger partial charge on any atom is -0.468 e. The lowest BCUT2D eigenvalue weighted by Gasteiger charge is -2.23. The molecule has 0 aliphatic heterocycles. The first-order valence-corrected chi connectivity index (χ1v) is 13.6. The second kappa shape index (κ2) is 9.72. The van der Waals surface area contributed by atoms with Crippen LogP contribution in [-0.4, -0.2) is 23.5 Å². The SMILES string of the molecule is COC(=O)C1(c2ccc3c(c2)CCc2cc(-c4snc(C)c4NC(=O)OCc4ccccc4)ccc2-3)CC1. The lowest BCUT2D eigenvalue weighted by Crippen LogP contribution is -2.22. The van der Waals surface area contributed by atoms with Gasteiger partial charge in [0, 0.05) is 0 Å². The van der Waals surface area contributed by atoms with Gasteiger partial charge in [0.2, 0.25) is 0 Å². The number of anilines is 1. The lowest BCUT2D eigenvalue weighted by molar-refractivity contribution is -0.143. The summed E-state index contributed by atoms with van der Waals surface area (Å²) in [7, 11) is 1.47. The number of amides is 1. The van der Waals surface area contributed by atoms with Crippen molar-refractivity contribution in [3.63, 3.8) is 0 Å². The van der Waals surface area contributed by atoms with Gasteiger partial charge in [-0.3, -0.25) is 10.1 Å². The van der Waals surface area contributed by atoms with Gasteiger partial charge in [-0.05, 0) is 89.2 Å². The van der Waals surface area contributed by atoms with Crippen molar-refractivity contribution in [2.75, 3.05) is 12.4 Å². The molecule has 1 amide bonds. The Balaban J connectivity index is 1.23. The van der Waals surface area contributed by atoms with Gasteiger partial charge in [-0.15, -0.1) is 0 Å². The minimum atomic E-state index is -0.499. The summed E-state index contributed by atoms with van der Waals surface area (Å²) >= 11 is 1.37. The van der Waals surface area contributed by atoms with Gasteiger partial charge in [0.05, 0.1) is 28.8 Å². The third-order valence-corrected chi connectivity index (χ3v) is 8.60. The molecule has 0 spiro atoms. The summed E-state index contributed by atoms with van der Waals surface area (Å²) in [6, 6.07) is 22.5. The number of nitrogens with zero attached hydrogens (tertiary/aromatic N) is 1. The molecule has 4 aromatic rings. The van der Waals surface area contributed by atoms with Crippen molar-refractivity contribution >= 4 is 29.3 Å². The van der Waals surface area contributed by atoms with Crippen LogP contribution < -0.4 is 5.32 Å². The average Bonchev–Trinajstić information content (AvgIpc) is 3.70. The molecule has 2 aliphatic rings. The molecule has 2 aliphatic carbocycles. The molecule has 1 heterocycles. The van der Waals surface area contributed by atoms with Gasteiger partial charge in [0.15, 0.2) is 0 Å². The van der Waals surface area contributed by atoms with E-state index in [1.54, 1.807) is 0 Å². The predicted molar refractivity (Wildman–Crippen MR) is 148 cm³/mol. The van der Waals surface area contributed by atoms with Gasteiger partial charge >= 0.3 is 12.1 Å². The van der Waals surface area contributed by atoms with Crippen molar-refractivity contribution in [2.45, 2.75) is 44.6 Å². The molecule has 7 heteroatoms. The number of aryl methyl sites for hydroxylation is 3. The number of nitrogens with one attached hydrogen (secondary N) is 1. The lowest BCUT2D eigenvalue weighted by atomic mass is 9.82. The molecule has 38 heavy (non-hydrogen) atoms. The summed E-state index contributed by atoms with van der Waals surface area (Å²) < 4.78 is 15.0. The van der Waals surface area contributed by atoms with Crippen LogP contribution in [0.15, 0.2) is 66.7 Å². The molecule has 0 radical (unpaired) electrons. The Labute approximate surface area is 225 Å². The number of rotatable bonds is 6. The van der Waals surface area contributed by atoms with Gasteiger partial charge in [-0.1, -0.05) is 60.7 Å². The summed E-state index contributed by atoms with van der Waals surface area (Å²) in [5.41, 5.74) is 8.98. The number of methoxy groups -OCH3 is 1. The molecule has 1 fully saturated rings. The van der Waals surface area contributed by atoms with E-state index in [2.05, 4.69) is 46.1 Å². The van der Waals surface area contributed by atoms with Crippen molar-refractivity contribution in [3.8, 4) is 21.6 Å². The van der Waals surface area contributed by atoms with Crippen LogP contribution in [0.1, 0.15) is 40.8 Å². The highest BCUT2D eigenvalue weighted by atomic mass is 32.1. The highest BCUT2D eigenvalue weighted by Crippen LogP contribution is 2.50. The number of fused-ring (bicyclic) bond motifs is 3. The average molecular weight is 525 g/mol. The van der Waals surface area contributed by atoms with E-state index in [0.717, 1.165) is 52.9 Å². The van der Waals surface area contributed by atoms with Gasteiger partial charge in [0.25, 0.3) is 0 Å². The number of aromatic nitrogens is 1. The monoisotopic (exact) mass is 524 g/mol. The maximum absolute atomic E-state index is 12.6. The Bertz CT molecular complexity index is 1540. The van der Waals surface area contributed by atoms with Gasteiger partial charge in [-0.25, -0.2) is 4.79 Å². The van der Waals surface area contributed by atoms with Crippen LogP contribution in [-0.2, 0) is 39.1 Å². The van der Waals surface area contributed by atoms with Gasteiger partial charge in [0.1, 0.15) is 6.61 Å². The van der Waals surface area contributed by atoms with Crippen LogP contribution >= 0.6 is 11.5 Å². The van der Waals surface area contributed by atoms with Crippen molar-refractivity contribution in [3.05, 3.63) is 94.7 Å². The zero-order chi connectivity index (χ0) is 26.3. The summed E-state index contributed by atoms with van der Waals surface area (Å²) in [5, 5.41) is 2.91. The van der Waals surface area contributed by atoms with Crippen LogP contribution in [0.5, 0.6) is 0 Å². The molecular formula is C31H28N2O4S. The van der Waals surface area contributed by atoms with Crippen molar-refractivity contribution in [2.24, 2.45) is 0 Å². The zero-order valence-electron chi connectivity index (χ0n) is 21.4. The number of carbonyl (C=O) groups is 2. The number of carbonyl (C=O) groups excluding carboxylic acids is 2. The number of esters is 1. The molecule has 1 N–H and O–H groups in total. The Hall–Kier alpha value is -3.97. The second-order valence-electron chi connectivity index (χ2n) is 9.98. The zero-order valence-corrected chi connectivity index (χ0v) is 22.2. The van der Waals surface area contributed by atoms with Crippen LogP contribution in [0.2, 0.25) is 0 Å². The number of benzene rings is 3. The summed E-state index contributed by atoms with van der Waals surface area (Å²) in [4.78, 5) is 25.9. The second-order valence-corrected chi connectivity index (χ2v) is 10.7. The van der Waals surface area contributed by atoms with Crippen LogP contribution in [0, 0.1) is 6.92 Å². The van der Waals surface area contributed by atoms with Crippen LogP contribution in [0.3, 0.4) is 0 Å². The summed E-state index contributed by atoms with van der Waals surface area (Å²) in [6.45, 7) is 2.10. The van der Waals surface area contributed by atoms with E-state index in [-0.39, 0.29) is 12.6 Å². The van der Waals surface area contributed by atoms with E-state index in [1.165, 1.54) is 40.9 Å². The highest BCUT2D eigenvalue weighted by molar-refractivity contribution is 7.10. The van der Waals surface area contributed by atoms with E-state index >= 15 is 0 Å². The van der Waals surface area contributed by atoms with E-state index in [1.807, 2.05) is 37.3 Å². The molecule has 1 aromatic heterocycles.